The van der Waals surface area contributed by atoms with E-state index in [0.29, 0.717) is 23.4 Å². The minimum absolute atomic E-state index is 0.500. The average molecular weight is 233 g/mol. The number of nitrogens with zero attached hydrogens (tertiary/aromatic N) is 3. The molecule has 0 saturated carbocycles. The molecule has 0 unspecified atom stereocenters. The van der Waals surface area contributed by atoms with Crippen LogP contribution in [0.4, 0.5) is 5.69 Å². The number of hydrogen-bond donors (Lipinski definition) is 2. The highest BCUT2D eigenvalue weighted by molar-refractivity contribution is 7.71. The number of H-pyrrole nitrogens is 1. The molecule has 6 heteroatoms. The van der Waals surface area contributed by atoms with Gasteiger partial charge in [0.25, 0.3) is 0 Å². The number of aromatic nitrogens is 3. The number of hydrogen-bond acceptors (Lipinski definition) is 3. The van der Waals surface area contributed by atoms with Crippen molar-refractivity contribution in [1.82, 2.24) is 14.5 Å². The Hall–Kier alpha value is -1.71. The number of aromatic amines is 1. The molecule has 0 bridgehead atoms. The molecule has 0 atom stereocenters. The molecule has 0 fully saturated rings. The Morgan fingerprint density at radius 2 is 2.44 bits per heavy atom. The molecule has 0 aliphatic heterocycles. The number of nitrogens with one attached hydrogen (secondary N) is 1. The highest BCUT2D eigenvalue weighted by Crippen LogP contribution is 2.31. The predicted molar refractivity (Wildman–Crippen MR) is 65.0 cm³/mol. The van der Waals surface area contributed by atoms with Gasteiger partial charge in [0.2, 0.25) is 5.69 Å². The highest BCUT2D eigenvalue weighted by Gasteiger charge is 2.15. The van der Waals surface area contributed by atoms with Crippen molar-refractivity contribution in [3.8, 4) is 0 Å². The third-order valence-electron chi connectivity index (χ3n) is 2.55. The van der Waals surface area contributed by atoms with Crippen molar-refractivity contribution in [2.24, 2.45) is 5.73 Å². The second kappa shape index (κ2) is 4.04. The van der Waals surface area contributed by atoms with Crippen molar-refractivity contribution >= 4 is 28.9 Å². The van der Waals surface area contributed by atoms with E-state index in [9.17, 15) is 0 Å². The molecule has 0 aliphatic carbocycles. The Morgan fingerprint density at radius 1 is 1.69 bits per heavy atom. The Kier molecular flexibility index (Phi) is 2.73. The third-order valence-corrected chi connectivity index (χ3v) is 2.85. The van der Waals surface area contributed by atoms with Crippen LogP contribution < -0.4 is 5.73 Å². The molecule has 0 aliphatic rings. The van der Waals surface area contributed by atoms with Crippen LogP contribution in [-0.4, -0.2) is 21.1 Å². The summed E-state index contributed by atoms with van der Waals surface area (Å²) in [4.78, 5) is 10.5. The van der Waals surface area contributed by atoms with Crippen LogP contribution in [0.25, 0.3) is 15.9 Å². The standard InChI is InChI=1S/C10H11N5S/c1-6-7(12-2)8-9(15(6)4-3-11)10(16)14-5-13-8/h5H,3-4,11H2,1H3,(H,13,14,16). The van der Waals surface area contributed by atoms with Gasteiger partial charge in [-0.2, -0.15) is 0 Å². The molecular weight excluding hydrogens is 222 g/mol. The normalized spacial score (nSPS) is 10.6. The first-order valence-electron chi connectivity index (χ1n) is 4.84. The number of nitrogens with two attached hydrogens (primary N) is 1. The van der Waals surface area contributed by atoms with Gasteiger partial charge < -0.3 is 15.3 Å². The van der Waals surface area contributed by atoms with E-state index in [4.69, 9.17) is 24.5 Å². The van der Waals surface area contributed by atoms with Crippen LogP contribution in [0.5, 0.6) is 0 Å². The average Bonchev–Trinajstić information content (AvgIpc) is 2.54. The van der Waals surface area contributed by atoms with Crippen LogP contribution in [0.15, 0.2) is 6.33 Å². The highest BCUT2D eigenvalue weighted by atomic mass is 32.1. The second-order valence-electron chi connectivity index (χ2n) is 3.42. The summed E-state index contributed by atoms with van der Waals surface area (Å²) in [5.74, 6) is 0. The summed E-state index contributed by atoms with van der Waals surface area (Å²) in [6.07, 6.45) is 1.52. The fourth-order valence-electron chi connectivity index (χ4n) is 1.84. The molecule has 0 radical (unpaired) electrons. The molecule has 0 saturated heterocycles. The summed E-state index contributed by atoms with van der Waals surface area (Å²) in [6, 6.07) is 0. The van der Waals surface area contributed by atoms with Gasteiger partial charge in [0.05, 0.1) is 23.9 Å². The fraction of sp³-hybridized carbons (Fsp3) is 0.300. The molecule has 2 rings (SSSR count). The summed E-state index contributed by atoms with van der Waals surface area (Å²) in [6.45, 7) is 10.2. The first kappa shape index (κ1) is 10.8. The molecule has 2 aromatic rings. The van der Waals surface area contributed by atoms with Crippen molar-refractivity contribution in [1.29, 1.82) is 0 Å². The van der Waals surface area contributed by atoms with Gasteiger partial charge in [0.1, 0.15) is 0 Å². The van der Waals surface area contributed by atoms with Gasteiger partial charge in [-0.25, -0.2) is 9.83 Å². The Bertz CT molecular complexity index is 631. The molecule has 16 heavy (non-hydrogen) atoms. The van der Waals surface area contributed by atoms with Gasteiger partial charge in [-0.1, -0.05) is 12.2 Å². The topological polar surface area (TPSA) is 64.0 Å². The summed E-state index contributed by atoms with van der Waals surface area (Å²) in [5.41, 5.74) is 8.58. The predicted octanol–water partition coefficient (Wildman–Crippen LogP) is 1.91. The molecule has 3 N–H and O–H groups in total. The van der Waals surface area contributed by atoms with Crippen molar-refractivity contribution in [3.05, 3.63) is 28.1 Å². The fourth-order valence-corrected chi connectivity index (χ4v) is 2.11. The van der Waals surface area contributed by atoms with E-state index in [1.165, 1.54) is 6.33 Å². The molecule has 2 heterocycles. The van der Waals surface area contributed by atoms with Crippen LogP contribution in [0.3, 0.4) is 0 Å². The van der Waals surface area contributed by atoms with Gasteiger partial charge in [-0.15, -0.1) is 0 Å². The molecule has 0 amide bonds. The van der Waals surface area contributed by atoms with Crippen LogP contribution in [-0.2, 0) is 6.54 Å². The summed E-state index contributed by atoms with van der Waals surface area (Å²) < 4.78 is 2.45. The minimum Gasteiger partial charge on any atom is -0.354 e. The Labute approximate surface area is 97.7 Å². The van der Waals surface area contributed by atoms with Gasteiger partial charge in [0, 0.05) is 18.8 Å². The molecular formula is C10H11N5S. The van der Waals surface area contributed by atoms with Crippen LogP contribution in [0, 0.1) is 18.1 Å². The van der Waals surface area contributed by atoms with Crippen molar-refractivity contribution in [3.63, 3.8) is 0 Å². The van der Waals surface area contributed by atoms with Crippen molar-refractivity contribution in [2.45, 2.75) is 13.5 Å². The lowest BCUT2D eigenvalue weighted by Gasteiger charge is -2.05. The van der Waals surface area contributed by atoms with E-state index < -0.39 is 0 Å². The van der Waals surface area contributed by atoms with E-state index >= 15 is 0 Å². The van der Waals surface area contributed by atoms with E-state index in [0.717, 1.165) is 16.7 Å². The summed E-state index contributed by atoms with van der Waals surface area (Å²) in [7, 11) is 0. The Balaban J connectivity index is 2.94. The van der Waals surface area contributed by atoms with E-state index in [2.05, 4.69) is 14.8 Å². The van der Waals surface area contributed by atoms with Gasteiger partial charge in [-0.05, 0) is 6.92 Å². The SMILES string of the molecule is [C-]#[N+]c1c(C)n(CCN)c2c(=S)nc[nH]c12. The maximum Gasteiger partial charge on any atom is 0.230 e. The maximum absolute atomic E-state index is 7.19. The maximum atomic E-state index is 7.19. The number of fused-ring (bicyclic) bond motifs is 1. The molecule has 0 spiro atoms. The lowest BCUT2D eigenvalue weighted by molar-refractivity contribution is 0.714. The largest absolute Gasteiger partial charge is 0.354 e. The monoisotopic (exact) mass is 233 g/mol. The molecule has 2 aromatic heterocycles. The molecule has 0 aromatic carbocycles. The number of rotatable bonds is 2. The smallest absolute Gasteiger partial charge is 0.230 e. The Morgan fingerprint density at radius 3 is 3.06 bits per heavy atom. The first-order chi connectivity index (χ1) is 7.70. The zero-order chi connectivity index (χ0) is 11.7. The van der Waals surface area contributed by atoms with Gasteiger partial charge in [0.15, 0.2) is 4.64 Å². The lowest BCUT2D eigenvalue weighted by atomic mass is 10.3. The zero-order valence-corrected chi connectivity index (χ0v) is 9.64. The van der Waals surface area contributed by atoms with Crippen molar-refractivity contribution in [2.75, 3.05) is 6.54 Å². The minimum atomic E-state index is 0.500. The zero-order valence-electron chi connectivity index (χ0n) is 8.82. The van der Waals surface area contributed by atoms with Gasteiger partial charge >= 0.3 is 0 Å². The van der Waals surface area contributed by atoms with Crippen molar-refractivity contribution < 1.29 is 0 Å². The van der Waals surface area contributed by atoms with E-state index in [1.807, 2.05) is 11.5 Å². The van der Waals surface area contributed by atoms with Crippen LogP contribution in [0.1, 0.15) is 5.69 Å². The third kappa shape index (κ3) is 1.41. The quantitative estimate of drug-likeness (QED) is 0.615. The summed E-state index contributed by atoms with van der Waals surface area (Å²) in [5, 5.41) is 0. The molecule has 5 nitrogen and oxygen atoms in total. The second-order valence-corrected chi connectivity index (χ2v) is 3.80. The van der Waals surface area contributed by atoms with Crippen LogP contribution >= 0.6 is 12.2 Å². The van der Waals surface area contributed by atoms with E-state index in [-0.39, 0.29) is 0 Å². The van der Waals surface area contributed by atoms with Gasteiger partial charge in [-0.3, -0.25) is 0 Å². The first-order valence-corrected chi connectivity index (χ1v) is 5.25. The lowest BCUT2D eigenvalue weighted by Crippen LogP contribution is -2.11. The van der Waals surface area contributed by atoms with E-state index in [1.54, 1.807) is 0 Å². The summed E-state index contributed by atoms with van der Waals surface area (Å²) >= 11 is 5.18. The molecule has 82 valence electrons. The van der Waals surface area contributed by atoms with Crippen LogP contribution in [0.2, 0.25) is 0 Å².